The summed E-state index contributed by atoms with van der Waals surface area (Å²) in [4.78, 5) is 4.00. The standard InChI is InChI=1S/C21H16N4O2/c1-26-18-7-6-17(13-19(18)27-2)21-24-23-20-8-5-16(14-25(20)21)4-3-15-9-11-22-12-10-15/h5-14H,1-2H3. The monoisotopic (exact) mass is 356 g/mol. The molecule has 4 aromatic rings. The zero-order valence-corrected chi connectivity index (χ0v) is 14.9. The number of methoxy groups -OCH3 is 2. The largest absolute Gasteiger partial charge is 0.493 e. The predicted molar refractivity (Wildman–Crippen MR) is 102 cm³/mol. The van der Waals surface area contributed by atoms with E-state index in [2.05, 4.69) is 27.0 Å². The highest BCUT2D eigenvalue weighted by atomic mass is 16.5. The van der Waals surface area contributed by atoms with Gasteiger partial charge in [0.15, 0.2) is 23.0 Å². The average Bonchev–Trinajstić information content (AvgIpc) is 3.15. The highest BCUT2D eigenvalue weighted by Gasteiger charge is 2.12. The Kier molecular flexibility index (Phi) is 4.42. The molecule has 4 rings (SSSR count). The van der Waals surface area contributed by atoms with Gasteiger partial charge in [-0.15, -0.1) is 10.2 Å². The van der Waals surface area contributed by atoms with Crippen molar-refractivity contribution in [3.05, 3.63) is 72.2 Å². The molecular formula is C21H16N4O2. The van der Waals surface area contributed by atoms with Crippen molar-refractivity contribution in [1.82, 2.24) is 19.6 Å². The molecule has 3 heterocycles. The molecule has 0 bridgehead atoms. The summed E-state index contributed by atoms with van der Waals surface area (Å²) in [6.45, 7) is 0. The van der Waals surface area contributed by atoms with E-state index in [9.17, 15) is 0 Å². The normalized spacial score (nSPS) is 10.3. The van der Waals surface area contributed by atoms with E-state index in [1.807, 2.05) is 53.1 Å². The van der Waals surface area contributed by atoms with E-state index in [1.54, 1.807) is 26.6 Å². The zero-order valence-electron chi connectivity index (χ0n) is 14.9. The van der Waals surface area contributed by atoms with Crippen molar-refractivity contribution in [3.63, 3.8) is 0 Å². The zero-order chi connectivity index (χ0) is 18.6. The molecule has 0 spiro atoms. The lowest BCUT2D eigenvalue weighted by molar-refractivity contribution is 0.355. The minimum atomic E-state index is 0.639. The third-order valence-corrected chi connectivity index (χ3v) is 4.08. The van der Waals surface area contributed by atoms with Gasteiger partial charge in [0.2, 0.25) is 0 Å². The fourth-order valence-electron chi connectivity index (χ4n) is 2.72. The molecule has 1 aromatic carbocycles. The number of fused-ring (bicyclic) bond motifs is 1. The molecular weight excluding hydrogens is 340 g/mol. The highest BCUT2D eigenvalue weighted by Crippen LogP contribution is 2.31. The van der Waals surface area contributed by atoms with Gasteiger partial charge in [0.05, 0.1) is 14.2 Å². The number of ether oxygens (including phenoxy) is 2. The topological polar surface area (TPSA) is 61.5 Å². The van der Waals surface area contributed by atoms with Crippen molar-refractivity contribution >= 4 is 5.65 Å². The van der Waals surface area contributed by atoms with Gasteiger partial charge in [-0.3, -0.25) is 9.38 Å². The Morgan fingerprint density at radius 1 is 0.815 bits per heavy atom. The smallest absolute Gasteiger partial charge is 0.168 e. The van der Waals surface area contributed by atoms with Gasteiger partial charge in [0.1, 0.15) is 0 Å². The first kappa shape index (κ1) is 16.6. The van der Waals surface area contributed by atoms with Gasteiger partial charge in [0.25, 0.3) is 0 Å². The van der Waals surface area contributed by atoms with Crippen LogP contribution in [0, 0.1) is 11.8 Å². The summed E-state index contributed by atoms with van der Waals surface area (Å²) in [5, 5.41) is 8.55. The molecule has 0 unspecified atom stereocenters. The predicted octanol–water partition coefficient (Wildman–Crippen LogP) is 3.21. The van der Waals surface area contributed by atoms with Crippen LogP contribution in [0.1, 0.15) is 11.1 Å². The third-order valence-electron chi connectivity index (χ3n) is 4.08. The van der Waals surface area contributed by atoms with Crippen LogP contribution in [0.4, 0.5) is 0 Å². The average molecular weight is 356 g/mol. The summed E-state index contributed by atoms with van der Waals surface area (Å²) in [6, 6.07) is 13.2. The summed E-state index contributed by atoms with van der Waals surface area (Å²) in [5.41, 5.74) is 3.39. The van der Waals surface area contributed by atoms with Crippen molar-refractivity contribution in [2.75, 3.05) is 14.2 Å². The van der Waals surface area contributed by atoms with E-state index < -0.39 is 0 Å². The van der Waals surface area contributed by atoms with Gasteiger partial charge in [-0.2, -0.15) is 0 Å². The molecule has 0 atom stereocenters. The molecule has 6 heteroatoms. The van der Waals surface area contributed by atoms with Crippen LogP contribution in [-0.2, 0) is 0 Å². The molecule has 3 aromatic heterocycles. The van der Waals surface area contributed by atoms with Crippen LogP contribution in [-0.4, -0.2) is 33.8 Å². The maximum atomic E-state index is 5.39. The van der Waals surface area contributed by atoms with Crippen LogP contribution < -0.4 is 9.47 Å². The molecule has 0 N–H and O–H groups in total. The van der Waals surface area contributed by atoms with E-state index in [4.69, 9.17) is 9.47 Å². The highest BCUT2D eigenvalue weighted by molar-refractivity contribution is 5.64. The van der Waals surface area contributed by atoms with Crippen molar-refractivity contribution in [2.24, 2.45) is 0 Å². The van der Waals surface area contributed by atoms with Crippen LogP contribution >= 0.6 is 0 Å². The summed E-state index contributed by atoms with van der Waals surface area (Å²) in [5.74, 6) is 8.31. The van der Waals surface area contributed by atoms with Crippen LogP contribution in [0.25, 0.3) is 17.0 Å². The van der Waals surface area contributed by atoms with Gasteiger partial charge in [0, 0.05) is 35.3 Å². The number of nitrogens with zero attached hydrogens (tertiary/aromatic N) is 4. The first-order chi connectivity index (χ1) is 13.3. The van der Waals surface area contributed by atoms with Crippen molar-refractivity contribution < 1.29 is 9.47 Å². The first-order valence-electron chi connectivity index (χ1n) is 8.28. The van der Waals surface area contributed by atoms with Gasteiger partial charge in [-0.25, -0.2) is 0 Å². The van der Waals surface area contributed by atoms with Crippen molar-refractivity contribution in [3.8, 4) is 34.7 Å². The van der Waals surface area contributed by atoms with E-state index >= 15 is 0 Å². The van der Waals surface area contributed by atoms with E-state index in [-0.39, 0.29) is 0 Å². The molecule has 0 amide bonds. The molecule has 0 aliphatic carbocycles. The molecule has 132 valence electrons. The minimum Gasteiger partial charge on any atom is -0.493 e. The molecule has 0 aliphatic heterocycles. The van der Waals surface area contributed by atoms with Gasteiger partial charge in [-0.1, -0.05) is 11.8 Å². The Balaban J connectivity index is 1.76. The van der Waals surface area contributed by atoms with Crippen LogP contribution in [0.5, 0.6) is 11.5 Å². The lowest BCUT2D eigenvalue weighted by Crippen LogP contribution is -1.94. The maximum Gasteiger partial charge on any atom is 0.168 e. The SMILES string of the molecule is COc1ccc(-c2nnc3ccc(C#Cc4ccncc4)cn23)cc1OC. The summed E-state index contributed by atoms with van der Waals surface area (Å²) < 4.78 is 12.6. The van der Waals surface area contributed by atoms with E-state index in [0.29, 0.717) is 17.3 Å². The lowest BCUT2D eigenvalue weighted by atomic mass is 10.2. The molecule has 0 aliphatic rings. The molecule has 0 saturated carbocycles. The lowest BCUT2D eigenvalue weighted by Gasteiger charge is -2.08. The number of benzene rings is 1. The Labute approximate surface area is 156 Å². The summed E-state index contributed by atoms with van der Waals surface area (Å²) in [7, 11) is 3.22. The van der Waals surface area contributed by atoms with Crippen LogP contribution in [0.2, 0.25) is 0 Å². The Morgan fingerprint density at radius 2 is 1.59 bits per heavy atom. The molecule has 6 nitrogen and oxygen atoms in total. The van der Waals surface area contributed by atoms with Gasteiger partial charge < -0.3 is 9.47 Å². The van der Waals surface area contributed by atoms with Crippen molar-refractivity contribution in [2.45, 2.75) is 0 Å². The summed E-state index contributed by atoms with van der Waals surface area (Å²) >= 11 is 0. The number of hydrogen-bond acceptors (Lipinski definition) is 5. The maximum absolute atomic E-state index is 5.39. The van der Waals surface area contributed by atoms with Crippen molar-refractivity contribution in [1.29, 1.82) is 0 Å². The fraction of sp³-hybridized carbons (Fsp3) is 0.0952. The van der Waals surface area contributed by atoms with E-state index in [0.717, 1.165) is 22.3 Å². The Bertz CT molecular complexity index is 1160. The molecule has 0 saturated heterocycles. The second-order valence-corrected chi connectivity index (χ2v) is 5.73. The number of rotatable bonds is 3. The van der Waals surface area contributed by atoms with Gasteiger partial charge >= 0.3 is 0 Å². The number of hydrogen-bond donors (Lipinski definition) is 0. The molecule has 0 fully saturated rings. The van der Waals surface area contributed by atoms with Gasteiger partial charge in [-0.05, 0) is 42.5 Å². The molecule has 0 radical (unpaired) electrons. The van der Waals surface area contributed by atoms with Crippen LogP contribution in [0.15, 0.2) is 61.1 Å². The third kappa shape index (κ3) is 3.31. The Hall–Kier alpha value is -3.85. The Morgan fingerprint density at radius 3 is 2.37 bits per heavy atom. The minimum absolute atomic E-state index is 0.639. The van der Waals surface area contributed by atoms with Crippen LogP contribution in [0.3, 0.4) is 0 Å². The quantitative estimate of drug-likeness (QED) is 0.528. The summed E-state index contributed by atoms with van der Waals surface area (Å²) in [6.07, 6.45) is 5.37. The van der Waals surface area contributed by atoms with E-state index in [1.165, 1.54) is 0 Å². The second-order valence-electron chi connectivity index (χ2n) is 5.73. The first-order valence-corrected chi connectivity index (χ1v) is 8.28. The fourth-order valence-corrected chi connectivity index (χ4v) is 2.72. The second kappa shape index (κ2) is 7.18. The number of aromatic nitrogens is 4. The number of pyridine rings is 2. The molecule has 27 heavy (non-hydrogen) atoms.